The Hall–Kier alpha value is -4.30. The van der Waals surface area contributed by atoms with Gasteiger partial charge in [0, 0.05) is 39.5 Å². The number of benzene rings is 3. The number of hydrazone groups is 1. The molecule has 0 spiro atoms. The second kappa shape index (κ2) is 8.83. The summed E-state index contributed by atoms with van der Waals surface area (Å²) in [4.78, 5) is 34.7. The van der Waals surface area contributed by atoms with Crippen molar-refractivity contribution in [1.29, 1.82) is 0 Å². The highest BCUT2D eigenvalue weighted by molar-refractivity contribution is 6.36. The van der Waals surface area contributed by atoms with Gasteiger partial charge in [0.15, 0.2) is 0 Å². The number of nitrogens with one attached hydrogen (secondary N) is 2. The Labute approximate surface area is 187 Å². The molecule has 32 heavy (non-hydrogen) atoms. The fourth-order valence-corrected chi connectivity index (χ4v) is 3.29. The van der Waals surface area contributed by atoms with Crippen LogP contribution in [0.15, 0.2) is 71.8 Å². The average molecular weight is 447 g/mol. The van der Waals surface area contributed by atoms with Crippen LogP contribution in [-0.4, -0.2) is 23.0 Å². The number of hydrogen-bond donors (Lipinski definition) is 2. The van der Waals surface area contributed by atoms with Crippen molar-refractivity contribution >= 4 is 52.7 Å². The smallest absolute Gasteiger partial charge is 0.271 e. The van der Waals surface area contributed by atoms with Gasteiger partial charge in [-0.15, -0.1) is 0 Å². The summed E-state index contributed by atoms with van der Waals surface area (Å²) in [6.45, 7) is 0. The van der Waals surface area contributed by atoms with Crippen LogP contribution < -0.4 is 10.7 Å². The summed E-state index contributed by atoms with van der Waals surface area (Å²) in [5, 5.41) is 17.9. The van der Waals surface area contributed by atoms with E-state index in [1.165, 1.54) is 30.5 Å². The van der Waals surface area contributed by atoms with Crippen LogP contribution in [-0.2, 0) is 4.79 Å². The molecule has 2 amide bonds. The number of non-ortho nitro benzene ring substituents is 1. The molecule has 0 fully saturated rings. The summed E-state index contributed by atoms with van der Waals surface area (Å²) < 4.78 is 0. The lowest BCUT2D eigenvalue weighted by atomic mass is 10.0. The molecule has 1 aliphatic heterocycles. The fraction of sp³-hybridized carbons (Fsp3) is 0. The SMILES string of the molecule is O=C1Nc2ccc(Cl)cc2/C1=C\c1ccc(C(=O)N/N=C/c2ccc([N+](=O)[O-])cc2)cc1. The number of fused-ring (bicyclic) bond motifs is 1. The maximum Gasteiger partial charge on any atom is 0.271 e. The number of carbonyl (C=O) groups excluding carboxylic acids is 2. The van der Waals surface area contributed by atoms with Crippen LogP contribution in [0.3, 0.4) is 0 Å². The Morgan fingerprint density at radius 1 is 1.03 bits per heavy atom. The molecule has 0 bridgehead atoms. The first-order chi connectivity index (χ1) is 15.4. The summed E-state index contributed by atoms with van der Waals surface area (Å²) in [5.41, 5.74) is 6.03. The zero-order chi connectivity index (χ0) is 22.7. The predicted octanol–water partition coefficient (Wildman–Crippen LogP) is 4.50. The molecule has 0 aliphatic carbocycles. The van der Waals surface area contributed by atoms with Gasteiger partial charge in [0.1, 0.15) is 0 Å². The fourth-order valence-electron chi connectivity index (χ4n) is 3.11. The van der Waals surface area contributed by atoms with E-state index in [-0.39, 0.29) is 11.6 Å². The number of anilines is 1. The molecule has 0 atom stereocenters. The molecule has 0 aromatic heterocycles. The molecule has 0 saturated heterocycles. The van der Waals surface area contributed by atoms with Gasteiger partial charge >= 0.3 is 0 Å². The Bertz CT molecular complexity index is 1280. The molecule has 8 nitrogen and oxygen atoms in total. The lowest BCUT2D eigenvalue weighted by Crippen LogP contribution is -2.17. The zero-order valence-corrected chi connectivity index (χ0v) is 17.2. The van der Waals surface area contributed by atoms with Crippen molar-refractivity contribution in [2.24, 2.45) is 5.10 Å². The van der Waals surface area contributed by atoms with E-state index in [4.69, 9.17) is 11.6 Å². The van der Waals surface area contributed by atoms with Crippen LogP contribution in [0.1, 0.15) is 27.0 Å². The van der Waals surface area contributed by atoms with E-state index in [1.54, 1.807) is 48.5 Å². The molecule has 9 heteroatoms. The molecule has 3 aromatic carbocycles. The minimum absolute atomic E-state index is 0.0251. The number of halogens is 1. The van der Waals surface area contributed by atoms with Crippen LogP contribution in [0.25, 0.3) is 11.6 Å². The minimum Gasteiger partial charge on any atom is -0.321 e. The van der Waals surface area contributed by atoms with Gasteiger partial charge < -0.3 is 5.32 Å². The quantitative estimate of drug-likeness (QED) is 0.260. The van der Waals surface area contributed by atoms with Gasteiger partial charge in [0.05, 0.1) is 11.1 Å². The highest BCUT2D eigenvalue weighted by atomic mass is 35.5. The summed E-state index contributed by atoms with van der Waals surface area (Å²) in [7, 11) is 0. The van der Waals surface area contributed by atoms with E-state index in [0.717, 1.165) is 11.1 Å². The van der Waals surface area contributed by atoms with Gasteiger partial charge in [-0.25, -0.2) is 5.43 Å². The van der Waals surface area contributed by atoms with E-state index in [9.17, 15) is 19.7 Å². The van der Waals surface area contributed by atoms with Crippen LogP contribution >= 0.6 is 11.6 Å². The number of nitrogens with zero attached hydrogens (tertiary/aromatic N) is 2. The Balaban J connectivity index is 1.43. The largest absolute Gasteiger partial charge is 0.321 e. The second-order valence-corrected chi connectivity index (χ2v) is 7.31. The van der Waals surface area contributed by atoms with Crippen molar-refractivity contribution in [3.05, 3.63) is 104 Å². The van der Waals surface area contributed by atoms with E-state index < -0.39 is 10.8 Å². The summed E-state index contributed by atoms with van der Waals surface area (Å²) in [6.07, 6.45) is 3.12. The van der Waals surface area contributed by atoms with Crippen LogP contribution in [0.2, 0.25) is 5.02 Å². The second-order valence-electron chi connectivity index (χ2n) is 6.87. The van der Waals surface area contributed by atoms with Crippen molar-refractivity contribution < 1.29 is 14.5 Å². The molecule has 2 N–H and O–H groups in total. The van der Waals surface area contributed by atoms with Crippen LogP contribution in [0, 0.1) is 10.1 Å². The molecule has 1 heterocycles. The summed E-state index contributed by atoms with van der Waals surface area (Å²) in [6, 6.07) is 17.6. The van der Waals surface area contributed by atoms with Gasteiger partial charge in [-0.2, -0.15) is 5.10 Å². The number of nitro benzene ring substituents is 1. The summed E-state index contributed by atoms with van der Waals surface area (Å²) in [5.74, 6) is -0.636. The number of carbonyl (C=O) groups is 2. The molecule has 1 aliphatic rings. The van der Waals surface area contributed by atoms with E-state index in [0.29, 0.717) is 27.4 Å². The molecule has 158 valence electrons. The first-order valence-corrected chi connectivity index (χ1v) is 9.79. The lowest BCUT2D eigenvalue weighted by molar-refractivity contribution is -0.384. The maximum atomic E-state index is 12.3. The maximum absolute atomic E-state index is 12.3. The lowest BCUT2D eigenvalue weighted by Gasteiger charge is -2.02. The van der Waals surface area contributed by atoms with Crippen LogP contribution in [0.4, 0.5) is 11.4 Å². The summed E-state index contributed by atoms with van der Waals surface area (Å²) >= 11 is 6.05. The number of amides is 2. The topological polar surface area (TPSA) is 114 Å². The van der Waals surface area contributed by atoms with Gasteiger partial charge in [0.2, 0.25) is 0 Å². The first-order valence-electron chi connectivity index (χ1n) is 9.41. The highest BCUT2D eigenvalue weighted by Crippen LogP contribution is 2.34. The van der Waals surface area contributed by atoms with E-state index in [1.807, 2.05) is 0 Å². The van der Waals surface area contributed by atoms with E-state index in [2.05, 4.69) is 15.8 Å². The van der Waals surface area contributed by atoms with Crippen molar-refractivity contribution in [1.82, 2.24) is 5.43 Å². The monoisotopic (exact) mass is 446 g/mol. The Morgan fingerprint density at radius 3 is 2.41 bits per heavy atom. The van der Waals surface area contributed by atoms with Gasteiger partial charge in [-0.3, -0.25) is 19.7 Å². The minimum atomic E-state index is -0.491. The molecule has 0 unspecified atom stereocenters. The van der Waals surface area contributed by atoms with Crippen molar-refractivity contribution in [3.8, 4) is 0 Å². The molecular formula is C23H15ClN4O4. The van der Waals surface area contributed by atoms with Crippen molar-refractivity contribution in [3.63, 3.8) is 0 Å². The third kappa shape index (κ3) is 4.55. The molecule has 0 saturated carbocycles. The number of nitro groups is 1. The van der Waals surface area contributed by atoms with Gasteiger partial charge in [-0.1, -0.05) is 23.7 Å². The number of rotatable bonds is 5. The molecule has 4 rings (SSSR count). The van der Waals surface area contributed by atoms with Crippen molar-refractivity contribution in [2.45, 2.75) is 0 Å². The molecular weight excluding hydrogens is 432 g/mol. The third-order valence-corrected chi connectivity index (χ3v) is 4.97. The van der Waals surface area contributed by atoms with E-state index >= 15 is 0 Å². The standard InChI is InChI=1S/C23H15ClN4O4/c24-17-7-10-21-19(12-17)20(23(30)26-21)11-14-1-5-16(6-2-14)22(29)27-25-13-15-3-8-18(9-4-15)28(31)32/h1-13H,(H,26,30)(H,27,29)/b20-11+,25-13+. The predicted molar refractivity (Wildman–Crippen MR) is 123 cm³/mol. The molecule has 3 aromatic rings. The average Bonchev–Trinajstić information content (AvgIpc) is 3.09. The first kappa shape index (κ1) is 21.0. The van der Waals surface area contributed by atoms with Gasteiger partial charge in [0.25, 0.3) is 17.5 Å². The van der Waals surface area contributed by atoms with Gasteiger partial charge in [-0.05, 0) is 59.7 Å². The van der Waals surface area contributed by atoms with Crippen LogP contribution in [0.5, 0.6) is 0 Å². The molecule has 0 radical (unpaired) electrons. The Kier molecular flexibility index (Phi) is 5.78. The third-order valence-electron chi connectivity index (χ3n) is 4.73. The normalized spacial score (nSPS) is 13.8. The van der Waals surface area contributed by atoms with Crippen molar-refractivity contribution in [2.75, 3.05) is 5.32 Å². The number of hydrogen-bond acceptors (Lipinski definition) is 5. The Morgan fingerprint density at radius 2 is 1.72 bits per heavy atom. The zero-order valence-electron chi connectivity index (χ0n) is 16.4. The highest BCUT2D eigenvalue weighted by Gasteiger charge is 2.24.